The van der Waals surface area contributed by atoms with E-state index >= 15 is 0 Å². The van der Waals surface area contributed by atoms with Crippen molar-refractivity contribution in [2.24, 2.45) is 0 Å². The Morgan fingerprint density at radius 3 is 0.386 bits per heavy atom. The lowest BCUT2D eigenvalue weighted by Gasteiger charge is -2.17. The van der Waals surface area contributed by atoms with Crippen LogP contribution in [0.1, 0.15) is 182 Å². The third kappa shape index (κ3) is 86.6. The quantitative estimate of drug-likeness (QED) is 0.0590. The maximum Gasteiger partial charge on any atom is 0.414 e. The highest BCUT2D eigenvalue weighted by molar-refractivity contribution is 4.66. The molecule has 0 radical (unpaired) electrons. The summed E-state index contributed by atoms with van der Waals surface area (Å²) in [7, 11) is 0. The molecule has 9 nitrogen and oxygen atoms in total. The molecular formula is C49H104F12O9. The fraction of sp³-hybridized carbons (Fsp3) is 1.00. The van der Waals surface area contributed by atoms with Crippen molar-refractivity contribution in [1.29, 1.82) is 0 Å². The minimum absolute atomic E-state index is 0.0165. The highest BCUT2D eigenvalue weighted by Crippen LogP contribution is 2.27. The van der Waals surface area contributed by atoms with Crippen LogP contribution < -0.4 is 0 Å². The molecule has 0 N–H and O–H groups in total. The predicted molar refractivity (Wildman–Crippen MR) is 261 cm³/mol. The number of hydrogen-bond acceptors (Lipinski definition) is 9. The van der Waals surface area contributed by atoms with E-state index in [0.29, 0.717) is 0 Å². The van der Waals surface area contributed by atoms with Crippen LogP contribution in [0.15, 0.2) is 0 Å². The Balaban J connectivity index is -0.0000000863. The lowest BCUT2D eigenvalue weighted by Crippen LogP contribution is -2.30. The summed E-state index contributed by atoms with van der Waals surface area (Å²) in [5.74, 6) is 0. The molecule has 0 aliphatic heterocycles. The summed E-state index contributed by atoms with van der Waals surface area (Å²) in [5, 5.41) is 0. The summed E-state index contributed by atoms with van der Waals surface area (Å²) in [6.07, 6.45) is -17.6. The van der Waals surface area contributed by atoms with Crippen LogP contribution in [0, 0.1) is 0 Å². The predicted octanol–water partition coefficient (Wildman–Crippen LogP) is 16.6. The molecule has 0 aromatic carbocycles. The minimum Gasteiger partial charge on any atom is -0.382 e. The molecule has 0 heterocycles. The average molecular weight is 1070 g/mol. The largest absolute Gasteiger partial charge is 0.414 e. The van der Waals surface area contributed by atoms with Gasteiger partial charge in [-0.25, -0.2) is 0 Å². The molecular weight excluding hydrogens is 961 g/mol. The summed E-state index contributed by atoms with van der Waals surface area (Å²) in [4.78, 5) is 0. The normalized spacial score (nSPS) is 12.6. The molecule has 0 spiro atoms. The van der Waals surface area contributed by atoms with Gasteiger partial charge in [-0.2, -0.15) is 52.7 Å². The molecule has 0 aliphatic rings. The van der Waals surface area contributed by atoms with Gasteiger partial charge in [-0.1, -0.05) is 62.3 Å². The van der Waals surface area contributed by atoms with Crippen molar-refractivity contribution in [1.82, 2.24) is 0 Å². The van der Waals surface area contributed by atoms with Gasteiger partial charge in [0, 0.05) is 92.5 Å². The van der Waals surface area contributed by atoms with E-state index in [1.165, 1.54) is 27.7 Å². The average Bonchev–Trinajstić information content (AvgIpc) is 3.30. The number of alkyl halides is 12. The fourth-order valence-corrected chi connectivity index (χ4v) is 4.02. The second-order valence-corrected chi connectivity index (χ2v) is 13.6. The minimum atomic E-state index is -4.20. The van der Waals surface area contributed by atoms with Gasteiger partial charge in [0.05, 0.1) is 0 Å². The second kappa shape index (κ2) is 67.8. The highest BCUT2D eigenvalue weighted by Gasteiger charge is 2.40. The molecule has 21 heteroatoms. The zero-order chi connectivity index (χ0) is 56.9. The second-order valence-electron chi connectivity index (χ2n) is 13.6. The van der Waals surface area contributed by atoms with Crippen LogP contribution >= 0.6 is 0 Å². The first kappa shape index (κ1) is 88.4. The van der Waals surface area contributed by atoms with Gasteiger partial charge in [-0.3, -0.25) is 0 Å². The van der Waals surface area contributed by atoms with E-state index in [2.05, 4.69) is 53.6 Å². The zero-order valence-corrected chi connectivity index (χ0v) is 46.8. The number of hydrogen-bond donors (Lipinski definition) is 0. The van der Waals surface area contributed by atoms with E-state index in [9.17, 15) is 52.7 Å². The molecule has 0 fully saturated rings. The molecule has 0 aromatic heterocycles. The number of rotatable bonds is 27. The Labute approximate surface area is 418 Å². The molecule has 0 bridgehead atoms. The molecule has 438 valence electrons. The van der Waals surface area contributed by atoms with Crippen LogP contribution in [-0.2, 0) is 42.6 Å². The van der Waals surface area contributed by atoms with E-state index in [4.69, 9.17) is 23.7 Å². The summed E-state index contributed by atoms with van der Waals surface area (Å²) in [5.41, 5.74) is 0. The molecule has 70 heavy (non-hydrogen) atoms. The van der Waals surface area contributed by atoms with Gasteiger partial charge in [-0.05, 0) is 120 Å². The van der Waals surface area contributed by atoms with E-state index in [1.807, 2.05) is 34.6 Å². The van der Waals surface area contributed by atoms with Gasteiger partial charge in [0.25, 0.3) is 0 Å². The van der Waals surface area contributed by atoms with Crippen molar-refractivity contribution in [3.8, 4) is 0 Å². The molecule has 4 atom stereocenters. The maximum atomic E-state index is 11.8. The van der Waals surface area contributed by atoms with Gasteiger partial charge in [0.1, 0.15) is 0 Å². The first-order valence-electron chi connectivity index (χ1n) is 25.3. The maximum absolute atomic E-state index is 11.8. The molecule has 0 aliphatic carbocycles. The monoisotopic (exact) mass is 1060 g/mol. The summed E-state index contributed by atoms with van der Waals surface area (Å²) in [6, 6.07) is 0. The molecule has 0 amide bonds. The van der Waals surface area contributed by atoms with Crippen LogP contribution in [0.3, 0.4) is 0 Å². The fourth-order valence-electron chi connectivity index (χ4n) is 4.02. The van der Waals surface area contributed by atoms with Gasteiger partial charge >= 0.3 is 24.7 Å². The molecule has 4 unspecified atom stereocenters. The summed E-state index contributed by atoms with van der Waals surface area (Å²) < 4.78 is 184. The van der Waals surface area contributed by atoms with Crippen LogP contribution in [-0.4, -0.2) is 142 Å². The standard InChI is InChI=1S/4C6H11F3O.5C5H12O/c4*1-3-5(10-4-2)6(7,8)9;5*1-3-5-6-4-2/h4*5H,3-4H2,1-2H3;5*3-5H2,1-2H3. The van der Waals surface area contributed by atoms with Gasteiger partial charge in [0.2, 0.25) is 0 Å². The van der Waals surface area contributed by atoms with Crippen molar-refractivity contribution in [2.45, 2.75) is 232 Å². The van der Waals surface area contributed by atoms with Crippen molar-refractivity contribution in [3.05, 3.63) is 0 Å². The summed E-state index contributed by atoms with van der Waals surface area (Å²) in [6.45, 7) is 41.9. The van der Waals surface area contributed by atoms with E-state index in [-0.39, 0.29) is 52.1 Å². The zero-order valence-electron chi connectivity index (χ0n) is 46.8. The summed E-state index contributed by atoms with van der Waals surface area (Å²) >= 11 is 0. The van der Waals surface area contributed by atoms with Crippen molar-refractivity contribution >= 4 is 0 Å². The lowest BCUT2D eigenvalue weighted by molar-refractivity contribution is -0.219. The smallest absolute Gasteiger partial charge is 0.382 e. The highest BCUT2D eigenvalue weighted by atomic mass is 19.4. The van der Waals surface area contributed by atoms with Crippen LogP contribution in [0.4, 0.5) is 52.7 Å². The molecule has 0 saturated carbocycles. The van der Waals surface area contributed by atoms with Crippen LogP contribution in [0.5, 0.6) is 0 Å². The van der Waals surface area contributed by atoms with Crippen LogP contribution in [0.25, 0.3) is 0 Å². The number of halogens is 12. The van der Waals surface area contributed by atoms with Crippen molar-refractivity contribution in [3.63, 3.8) is 0 Å². The third-order valence-electron chi connectivity index (χ3n) is 7.18. The SMILES string of the molecule is CCCOCC.CCCOCC.CCCOCC.CCCOCC.CCCOCC.CCOC(CC)C(F)(F)F.CCOC(CC)C(F)(F)F.CCOC(CC)C(F)(F)F.CCOC(CC)C(F)(F)F. The van der Waals surface area contributed by atoms with E-state index in [1.54, 1.807) is 27.7 Å². The Kier molecular flexibility index (Phi) is 85.7. The van der Waals surface area contributed by atoms with Gasteiger partial charge in [-0.15, -0.1) is 0 Å². The van der Waals surface area contributed by atoms with E-state index < -0.39 is 49.1 Å². The Morgan fingerprint density at radius 2 is 0.357 bits per heavy atom. The first-order chi connectivity index (χ1) is 32.6. The first-order valence-corrected chi connectivity index (χ1v) is 25.3. The van der Waals surface area contributed by atoms with Crippen molar-refractivity contribution < 1.29 is 95.3 Å². The van der Waals surface area contributed by atoms with Gasteiger partial charge in [0.15, 0.2) is 24.4 Å². The molecule has 0 aromatic rings. The topological polar surface area (TPSA) is 83.1 Å². The third-order valence-corrected chi connectivity index (χ3v) is 7.18. The van der Waals surface area contributed by atoms with Crippen LogP contribution in [0.2, 0.25) is 0 Å². The van der Waals surface area contributed by atoms with Crippen molar-refractivity contribution in [2.75, 3.05) is 92.5 Å². The Hall–Kier alpha value is -1.20. The number of ether oxygens (including phenoxy) is 9. The molecule has 0 saturated heterocycles. The Morgan fingerprint density at radius 1 is 0.229 bits per heavy atom. The van der Waals surface area contributed by atoms with E-state index in [0.717, 1.165) is 98.2 Å². The lowest BCUT2D eigenvalue weighted by atomic mass is 10.3. The Bertz CT molecular complexity index is 710. The molecule has 0 rings (SSSR count). The van der Waals surface area contributed by atoms with Gasteiger partial charge < -0.3 is 42.6 Å².